The molecule has 2 amide bonds. The van der Waals surface area contributed by atoms with E-state index in [1.807, 2.05) is 30.3 Å². The third kappa shape index (κ3) is 9.22. The highest BCUT2D eigenvalue weighted by Gasteiger charge is 2.35. The Morgan fingerprint density at radius 1 is 1.16 bits per heavy atom. The summed E-state index contributed by atoms with van der Waals surface area (Å²) < 4.78 is 12.0. The zero-order chi connectivity index (χ0) is 27.8. The monoisotopic (exact) mass is 518 g/mol. The van der Waals surface area contributed by atoms with Crippen LogP contribution in [0.3, 0.4) is 0 Å². The number of rotatable bonds is 11. The number of carboxylic acids is 1. The number of amides is 2. The molecule has 1 aromatic heterocycles. The molecule has 1 aromatic carbocycles. The standard InChI is InChI=1S/C25H34N4O8/c1-16-13-28(23(34)27-21(16)31)14-19(30)29(12-11-26-24(35)37-25(3,4)5)20(22(32)33)17(2)36-15-18-9-7-6-8-10-18/h6-10,13,17,20H,11-12,14-15H2,1-5H3,(H,26,35)(H,32,33)(H,27,31,34)/t17-,20+/m1/s1. The highest BCUT2D eigenvalue weighted by atomic mass is 16.6. The van der Waals surface area contributed by atoms with Gasteiger partial charge in [-0.2, -0.15) is 0 Å². The van der Waals surface area contributed by atoms with Crippen LogP contribution in [-0.4, -0.2) is 68.4 Å². The fourth-order valence-electron chi connectivity index (χ4n) is 3.46. The minimum Gasteiger partial charge on any atom is -0.480 e. The molecule has 0 aliphatic carbocycles. The van der Waals surface area contributed by atoms with E-state index in [1.165, 1.54) is 20.0 Å². The first-order valence-electron chi connectivity index (χ1n) is 11.7. The van der Waals surface area contributed by atoms with Gasteiger partial charge in [0.25, 0.3) is 5.56 Å². The molecule has 0 fully saturated rings. The van der Waals surface area contributed by atoms with E-state index >= 15 is 0 Å². The molecule has 2 rings (SSSR count). The van der Waals surface area contributed by atoms with Gasteiger partial charge in [-0.15, -0.1) is 0 Å². The zero-order valence-corrected chi connectivity index (χ0v) is 21.6. The second-order valence-electron chi connectivity index (χ2n) is 9.50. The summed E-state index contributed by atoms with van der Waals surface area (Å²) in [6.45, 7) is 7.34. The van der Waals surface area contributed by atoms with Crippen molar-refractivity contribution in [1.82, 2.24) is 19.8 Å². The normalized spacial score (nSPS) is 12.9. The van der Waals surface area contributed by atoms with E-state index < -0.39 is 53.5 Å². The molecular weight excluding hydrogens is 484 g/mol. The minimum absolute atomic E-state index is 0.114. The summed E-state index contributed by atoms with van der Waals surface area (Å²) in [6.07, 6.45) is -0.453. The first kappa shape index (κ1) is 29.3. The molecule has 202 valence electrons. The second-order valence-corrected chi connectivity index (χ2v) is 9.50. The van der Waals surface area contributed by atoms with Crippen molar-refractivity contribution in [3.8, 4) is 0 Å². The molecule has 1 heterocycles. The lowest BCUT2D eigenvalue weighted by atomic mass is 10.1. The molecule has 37 heavy (non-hydrogen) atoms. The summed E-state index contributed by atoms with van der Waals surface area (Å²) in [7, 11) is 0. The number of aromatic amines is 1. The summed E-state index contributed by atoms with van der Waals surface area (Å²) in [4.78, 5) is 64.7. The van der Waals surface area contributed by atoms with Crippen LogP contribution in [0.4, 0.5) is 4.79 Å². The number of aliphatic carboxylic acids is 1. The summed E-state index contributed by atoms with van der Waals surface area (Å²) in [5.41, 5.74) is -1.11. The summed E-state index contributed by atoms with van der Waals surface area (Å²) in [5, 5.41) is 12.5. The van der Waals surface area contributed by atoms with Gasteiger partial charge in [0.05, 0.1) is 12.7 Å². The minimum atomic E-state index is -1.43. The number of alkyl carbamates (subject to hydrolysis) is 1. The maximum atomic E-state index is 13.3. The lowest BCUT2D eigenvalue weighted by Crippen LogP contribution is -2.55. The van der Waals surface area contributed by atoms with Crippen LogP contribution < -0.4 is 16.6 Å². The fourth-order valence-corrected chi connectivity index (χ4v) is 3.46. The van der Waals surface area contributed by atoms with Crippen LogP contribution >= 0.6 is 0 Å². The van der Waals surface area contributed by atoms with E-state index in [9.17, 15) is 29.1 Å². The molecule has 0 spiro atoms. The van der Waals surface area contributed by atoms with Crippen molar-refractivity contribution < 1.29 is 29.0 Å². The molecule has 0 bridgehead atoms. The van der Waals surface area contributed by atoms with E-state index in [4.69, 9.17) is 9.47 Å². The lowest BCUT2D eigenvalue weighted by molar-refractivity contribution is -0.157. The maximum Gasteiger partial charge on any atom is 0.407 e. The van der Waals surface area contributed by atoms with Crippen molar-refractivity contribution in [1.29, 1.82) is 0 Å². The van der Waals surface area contributed by atoms with Crippen LogP contribution in [0.15, 0.2) is 46.1 Å². The average molecular weight is 519 g/mol. The highest BCUT2D eigenvalue weighted by Crippen LogP contribution is 2.13. The zero-order valence-electron chi connectivity index (χ0n) is 21.6. The number of hydrogen-bond acceptors (Lipinski definition) is 7. The Bertz CT molecular complexity index is 1200. The van der Waals surface area contributed by atoms with Crippen molar-refractivity contribution in [2.45, 2.75) is 65.5 Å². The van der Waals surface area contributed by atoms with Gasteiger partial charge in [0.2, 0.25) is 5.91 Å². The van der Waals surface area contributed by atoms with Crippen LogP contribution in [0.1, 0.15) is 38.8 Å². The molecule has 0 unspecified atom stereocenters. The van der Waals surface area contributed by atoms with Crippen molar-refractivity contribution in [3.63, 3.8) is 0 Å². The Balaban J connectivity index is 2.26. The second kappa shape index (κ2) is 12.9. The van der Waals surface area contributed by atoms with Gasteiger partial charge in [0.1, 0.15) is 12.1 Å². The Morgan fingerprint density at radius 3 is 2.41 bits per heavy atom. The van der Waals surface area contributed by atoms with Crippen LogP contribution in [-0.2, 0) is 32.2 Å². The molecule has 0 radical (unpaired) electrons. The highest BCUT2D eigenvalue weighted by molar-refractivity contribution is 5.84. The fraction of sp³-hybridized carbons (Fsp3) is 0.480. The molecular formula is C25H34N4O8. The van der Waals surface area contributed by atoms with Gasteiger partial charge >= 0.3 is 17.8 Å². The number of nitrogens with zero attached hydrogens (tertiary/aromatic N) is 2. The number of carboxylic acid groups (broad SMARTS) is 1. The van der Waals surface area contributed by atoms with Crippen molar-refractivity contribution >= 4 is 18.0 Å². The molecule has 0 saturated heterocycles. The largest absolute Gasteiger partial charge is 0.480 e. The van der Waals surface area contributed by atoms with Crippen molar-refractivity contribution in [2.24, 2.45) is 0 Å². The molecule has 0 saturated carbocycles. The number of nitrogens with one attached hydrogen (secondary N) is 2. The maximum absolute atomic E-state index is 13.3. The predicted molar refractivity (Wildman–Crippen MR) is 134 cm³/mol. The summed E-state index contributed by atoms with van der Waals surface area (Å²) in [5.74, 6) is -2.04. The first-order valence-corrected chi connectivity index (χ1v) is 11.7. The van der Waals surface area contributed by atoms with E-state index in [2.05, 4.69) is 10.3 Å². The van der Waals surface area contributed by atoms with Gasteiger partial charge < -0.3 is 24.8 Å². The van der Waals surface area contributed by atoms with Gasteiger partial charge in [0.15, 0.2) is 6.04 Å². The van der Waals surface area contributed by atoms with Gasteiger partial charge in [-0.05, 0) is 40.2 Å². The van der Waals surface area contributed by atoms with Gasteiger partial charge in [-0.3, -0.25) is 19.1 Å². The van der Waals surface area contributed by atoms with Gasteiger partial charge in [-0.1, -0.05) is 30.3 Å². The quantitative estimate of drug-likeness (QED) is 0.401. The van der Waals surface area contributed by atoms with Crippen molar-refractivity contribution in [3.05, 3.63) is 68.5 Å². The third-order valence-electron chi connectivity index (χ3n) is 5.22. The SMILES string of the molecule is Cc1cn(CC(=O)N(CCNC(=O)OC(C)(C)C)[C@H](C(=O)O)[C@@H](C)OCc2ccccc2)c(=O)[nH]c1=O. The Labute approximate surface area is 214 Å². The van der Waals surface area contributed by atoms with E-state index in [-0.39, 0.29) is 25.3 Å². The summed E-state index contributed by atoms with van der Waals surface area (Å²) in [6, 6.07) is 7.68. The number of carbonyl (C=O) groups excluding carboxylic acids is 2. The lowest BCUT2D eigenvalue weighted by Gasteiger charge is -2.33. The van der Waals surface area contributed by atoms with Crippen molar-refractivity contribution in [2.75, 3.05) is 13.1 Å². The number of ether oxygens (including phenoxy) is 2. The van der Waals surface area contributed by atoms with E-state index in [0.29, 0.717) is 0 Å². The molecule has 3 N–H and O–H groups in total. The van der Waals surface area contributed by atoms with Gasteiger partial charge in [-0.25, -0.2) is 14.4 Å². The van der Waals surface area contributed by atoms with E-state index in [0.717, 1.165) is 15.0 Å². The number of benzene rings is 1. The topological polar surface area (TPSA) is 160 Å². The number of aromatic nitrogens is 2. The Hall–Kier alpha value is -3.93. The number of hydrogen-bond donors (Lipinski definition) is 3. The number of aryl methyl sites for hydroxylation is 1. The molecule has 0 aliphatic heterocycles. The van der Waals surface area contributed by atoms with Crippen LogP contribution in [0.2, 0.25) is 0 Å². The third-order valence-corrected chi connectivity index (χ3v) is 5.22. The van der Waals surface area contributed by atoms with Crippen LogP contribution in [0.5, 0.6) is 0 Å². The molecule has 12 heteroatoms. The molecule has 2 aromatic rings. The smallest absolute Gasteiger partial charge is 0.407 e. The first-order chi connectivity index (χ1) is 17.3. The summed E-state index contributed by atoms with van der Waals surface area (Å²) >= 11 is 0. The molecule has 12 nitrogen and oxygen atoms in total. The van der Waals surface area contributed by atoms with Gasteiger partial charge in [0, 0.05) is 24.8 Å². The molecule has 0 aliphatic rings. The average Bonchev–Trinajstić information content (AvgIpc) is 2.79. The van der Waals surface area contributed by atoms with E-state index in [1.54, 1.807) is 20.8 Å². The van der Waals surface area contributed by atoms with Crippen LogP contribution in [0, 0.1) is 6.92 Å². The van der Waals surface area contributed by atoms with Crippen LogP contribution in [0.25, 0.3) is 0 Å². The predicted octanol–water partition coefficient (Wildman–Crippen LogP) is 1.26. The Morgan fingerprint density at radius 2 is 1.81 bits per heavy atom. The number of carbonyl (C=O) groups is 3. The molecule has 2 atom stereocenters. The number of H-pyrrole nitrogens is 1. The Kier molecular flexibility index (Phi) is 10.2.